The number of rotatable bonds is 8. The number of hydrogen-bond donors (Lipinski definition) is 1. The van der Waals surface area contributed by atoms with Crippen LogP contribution in [0.15, 0.2) is 47.4 Å². The molecule has 1 amide bonds. The number of benzene rings is 2. The van der Waals surface area contributed by atoms with Crippen LogP contribution in [0.5, 0.6) is 5.75 Å². The van der Waals surface area contributed by atoms with Gasteiger partial charge in [0.1, 0.15) is 5.75 Å². The summed E-state index contributed by atoms with van der Waals surface area (Å²) in [5.74, 6) is -0.853. The van der Waals surface area contributed by atoms with Gasteiger partial charge in [-0.1, -0.05) is 17.7 Å². The van der Waals surface area contributed by atoms with Gasteiger partial charge >= 0.3 is 5.97 Å². The molecule has 1 aliphatic rings. The van der Waals surface area contributed by atoms with E-state index in [0.29, 0.717) is 24.0 Å². The molecule has 0 spiro atoms. The number of carbonyl (C=O) groups excluding carboxylic acids is 2. The van der Waals surface area contributed by atoms with Crippen LogP contribution in [0, 0.1) is 6.92 Å². The lowest BCUT2D eigenvalue weighted by atomic mass is 10.2. The molecule has 2 aromatic carbocycles. The number of aryl methyl sites for hydroxylation is 1. The fourth-order valence-electron chi connectivity index (χ4n) is 2.97. The van der Waals surface area contributed by atoms with Crippen molar-refractivity contribution in [3.63, 3.8) is 0 Å². The fraction of sp³-hybridized carbons (Fsp3) is 0.333. The Morgan fingerprint density at radius 3 is 2.59 bits per heavy atom. The highest BCUT2D eigenvalue weighted by molar-refractivity contribution is 7.89. The zero-order chi connectivity index (χ0) is 23.1. The number of hydrogen-bond acceptors (Lipinski definition) is 7. The van der Waals surface area contributed by atoms with Crippen molar-refractivity contribution in [2.24, 2.45) is 0 Å². The molecule has 1 fully saturated rings. The van der Waals surface area contributed by atoms with E-state index in [9.17, 15) is 18.0 Å². The molecule has 0 atom stereocenters. The third kappa shape index (κ3) is 6.42. The van der Waals surface area contributed by atoms with Crippen molar-refractivity contribution < 1.29 is 32.2 Å². The first-order valence-electron chi connectivity index (χ1n) is 9.78. The Morgan fingerprint density at radius 2 is 1.88 bits per heavy atom. The molecule has 1 aliphatic heterocycles. The highest BCUT2D eigenvalue weighted by Gasteiger charge is 2.26. The Labute approximate surface area is 191 Å². The fourth-order valence-corrected chi connectivity index (χ4v) is 4.65. The summed E-state index contributed by atoms with van der Waals surface area (Å²) in [5, 5.41) is 3.07. The SMILES string of the molecule is Cc1cc(Cl)ccc1OCC(=O)OCC(=O)Nc1cccc(S(=O)(=O)N2CCOCC2)c1. The lowest BCUT2D eigenvalue weighted by Crippen LogP contribution is -2.40. The number of nitrogens with zero attached hydrogens (tertiary/aromatic N) is 1. The van der Waals surface area contributed by atoms with Crippen molar-refractivity contribution in [2.45, 2.75) is 11.8 Å². The summed E-state index contributed by atoms with van der Waals surface area (Å²) >= 11 is 5.87. The molecule has 0 aliphatic carbocycles. The summed E-state index contributed by atoms with van der Waals surface area (Å²) in [7, 11) is -3.69. The van der Waals surface area contributed by atoms with Crippen molar-refractivity contribution in [1.82, 2.24) is 4.31 Å². The Kier molecular flexibility index (Phi) is 8.08. The van der Waals surface area contributed by atoms with Gasteiger partial charge in [-0.2, -0.15) is 4.31 Å². The Morgan fingerprint density at radius 1 is 1.12 bits per heavy atom. The van der Waals surface area contributed by atoms with Crippen molar-refractivity contribution in [2.75, 3.05) is 44.8 Å². The van der Waals surface area contributed by atoms with Gasteiger partial charge < -0.3 is 19.5 Å². The second-order valence-corrected chi connectivity index (χ2v) is 9.33. The molecule has 1 N–H and O–H groups in total. The molecule has 2 aromatic rings. The van der Waals surface area contributed by atoms with Crippen molar-refractivity contribution in [1.29, 1.82) is 0 Å². The number of sulfonamides is 1. The third-order valence-electron chi connectivity index (χ3n) is 4.57. The van der Waals surface area contributed by atoms with Gasteiger partial charge in [-0.25, -0.2) is 13.2 Å². The zero-order valence-electron chi connectivity index (χ0n) is 17.4. The third-order valence-corrected chi connectivity index (χ3v) is 6.70. The minimum atomic E-state index is -3.69. The average Bonchev–Trinajstić information content (AvgIpc) is 2.78. The quantitative estimate of drug-likeness (QED) is 0.574. The molecule has 0 radical (unpaired) electrons. The number of ether oxygens (including phenoxy) is 3. The van der Waals surface area contributed by atoms with E-state index in [1.54, 1.807) is 31.2 Å². The standard InChI is InChI=1S/C21H23ClN2O7S/c1-15-11-16(22)5-6-19(15)30-14-21(26)31-13-20(25)23-17-3-2-4-18(12-17)32(27,28)24-7-9-29-10-8-24/h2-6,11-12H,7-10,13-14H2,1H3,(H,23,25). The number of amides is 1. The maximum atomic E-state index is 12.7. The van der Waals surface area contributed by atoms with Crippen LogP contribution in [0.1, 0.15) is 5.56 Å². The van der Waals surface area contributed by atoms with Gasteiger partial charge in [-0.3, -0.25) is 4.79 Å². The molecule has 0 aromatic heterocycles. The number of esters is 1. The van der Waals surface area contributed by atoms with Crippen LogP contribution in [0.4, 0.5) is 5.69 Å². The predicted octanol–water partition coefficient (Wildman–Crippen LogP) is 2.23. The summed E-state index contributed by atoms with van der Waals surface area (Å²) in [5.41, 5.74) is 1.03. The van der Waals surface area contributed by atoms with Crippen molar-refractivity contribution >= 4 is 39.2 Å². The number of nitrogens with one attached hydrogen (secondary N) is 1. The number of carbonyl (C=O) groups is 2. The van der Waals surface area contributed by atoms with Gasteiger partial charge in [0.25, 0.3) is 5.91 Å². The molecular formula is C21H23ClN2O7S. The minimum Gasteiger partial charge on any atom is -0.482 e. The van der Waals surface area contributed by atoms with E-state index in [1.807, 2.05) is 0 Å². The normalized spacial score (nSPS) is 14.6. The molecule has 0 bridgehead atoms. The van der Waals surface area contributed by atoms with E-state index in [4.69, 9.17) is 25.8 Å². The summed E-state index contributed by atoms with van der Waals surface area (Å²) in [6, 6.07) is 10.9. The molecule has 11 heteroatoms. The first-order valence-corrected chi connectivity index (χ1v) is 11.6. The van der Waals surface area contributed by atoms with E-state index in [0.717, 1.165) is 5.56 Å². The number of anilines is 1. The number of morpholine rings is 1. The topological polar surface area (TPSA) is 111 Å². The van der Waals surface area contributed by atoms with Crippen LogP contribution in [0.25, 0.3) is 0 Å². The first kappa shape index (κ1) is 24.0. The summed E-state index contributed by atoms with van der Waals surface area (Å²) in [4.78, 5) is 24.0. The molecule has 9 nitrogen and oxygen atoms in total. The van der Waals surface area contributed by atoms with Crippen LogP contribution in [-0.4, -0.2) is 64.1 Å². The summed E-state index contributed by atoms with van der Waals surface area (Å²) < 4.78 is 42.3. The van der Waals surface area contributed by atoms with Gasteiger partial charge in [0.2, 0.25) is 10.0 Å². The molecular weight excluding hydrogens is 460 g/mol. The zero-order valence-corrected chi connectivity index (χ0v) is 18.9. The highest BCUT2D eigenvalue weighted by Crippen LogP contribution is 2.22. The van der Waals surface area contributed by atoms with Crippen LogP contribution in [0.2, 0.25) is 5.02 Å². The van der Waals surface area contributed by atoms with E-state index in [2.05, 4.69) is 5.32 Å². The second kappa shape index (κ2) is 10.8. The molecule has 1 heterocycles. The minimum absolute atomic E-state index is 0.0564. The molecule has 3 rings (SSSR count). The maximum Gasteiger partial charge on any atom is 0.344 e. The van der Waals surface area contributed by atoms with Gasteiger partial charge in [-0.05, 0) is 48.9 Å². The van der Waals surface area contributed by atoms with E-state index >= 15 is 0 Å². The van der Waals surface area contributed by atoms with E-state index in [1.165, 1.54) is 22.5 Å². The monoisotopic (exact) mass is 482 g/mol. The Hall–Kier alpha value is -2.66. The van der Waals surface area contributed by atoms with Crippen molar-refractivity contribution in [3.05, 3.63) is 53.1 Å². The average molecular weight is 483 g/mol. The van der Waals surface area contributed by atoms with E-state index in [-0.39, 0.29) is 30.3 Å². The van der Waals surface area contributed by atoms with Gasteiger partial charge in [0, 0.05) is 23.8 Å². The maximum absolute atomic E-state index is 12.7. The highest BCUT2D eigenvalue weighted by atomic mass is 35.5. The lowest BCUT2D eigenvalue weighted by molar-refractivity contribution is -0.149. The molecule has 172 valence electrons. The second-order valence-electron chi connectivity index (χ2n) is 6.95. The van der Waals surface area contributed by atoms with E-state index < -0.39 is 28.5 Å². The van der Waals surface area contributed by atoms with Gasteiger partial charge in [-0.15, -0.1) is 0 Å². The Bertz CT molecular complexity index is 1090. The smallest absolute Gasteiger partial charge is 0.344 e. The van der Waals surface area contributed by atoms with Crippen LogP contribution in [0.3, 0.4) is 0 Å². The number of halogens is 1. The van der Waals surface area contributed by atoms with Gasteiger partial charge in [0.05, 0.1) is 18.1 Å². The van der Waals surface area contributed by atoms with Crippen LogP contribution < -0.4 is 10.1 Å². The summed E-state index contributed by atoms with van der Waals surface area (Å²) in [6.07, 6.45) is 0. The summed E-state index contributed by atoms with van der Waals surface area (Å²) in [6.45, 7) is 2.09. The van der Waals surface area contributed by atoms with Crippen LogP contribution in [-0.2, 0) is 29.1 Å². The largest absolute Gasteiger partial charge is 0.482 e. The lowest BCUT2D eigenvalue weighted by Gasteiger charge is -2.26. The predicted molar refractivity (Wildman–Crippen MR) is 117 cm³/mol. The first-order chi connectivity index (χ1) is 15.3. The molecule has 32 heavy (non-hydrogen) atoms. The van der Waals surface area contributed by atoms with Gasteiger partial charge in [0.15, 0.2) is 13.2 Å². The molecule has 0 unspecified atom stereocenters. The molecule has 1 saturated heterocycles. The van der Waals surface area contributed by atoms with Crippen molar-refractivity contribution in [3.8, 4) is 5.75 Å². The molecule has 0 saturated carbocycles. The van der Waals surface area contributed by atoms with Crippen LogP contribution >= 0.6 is 11.6 Å². The Balaban J connectivity index is 1.50.